The molecule has 0 spiro atoms. The Kier molecular flexibility index (Phi) is 4.76. The normalized spacial score (nSPS) is 10.3. The Morgan fingerprint density at radius 1 is 1.53 bits per heavy atom. The number of aliphatic carboxylic acids is 1. The van der Waals surface area contributed by atoms with E-state index in [1.54, 1.807) is 6.08 Å². The molecular formula is C14H18O3. The first-order chi connectivity index (χ1) is 8.06. The first-order valence-corrected chi connectivity index (χ1v) is 5.63. The number of carbonyl (C=O) groups is 1. The summed E-state index contributed by atoms with van der Waals surface area (Å²) in [6, 6.07) is 5.86. The molecule has 17 heavy (non-hydrogen) atoms. The highest BCUT2D eigenvalue weighted by atomic mass is 16.5. The van der Waals surface area contributed by atoms with E-state index < -0.39 is 5.97 Å². The zero-order valence-electron chi connectivity index (χ0n) is 10.3. The van der Waals surface area contributed by atoms with Crippen molar-refractivity contribution in [3.63, 3.8) is 0 Å². The quantitative estimate of drug-likeness (QED) is 0.770. The monoisotopic (exact) mass is 234 g/mol. The van der Waals surface area contributed by atoms with Gasteiger partial charge in [-0.1, -0.05) is 38.1 Å². The van der Waals surface area contributed by atoms with Gasteiger partial charge in [0.1, 0.15) is 5.75 Å². The Bertz CT molecular complexity index is 408. The van der Waals surface area contributed by atoms with Crippen LogP contribution in [0.2, 0.25) is 0 Å². The van der Waals surface area contributed by atoms with Crippen LogP contribution in [0, 0.1) is 0 Å². The van der Waals surface area contributed by atoms with Gasteiger partial charge in [0.05, 0.1) is 0 Å². The lowest BCUT2D eigenvalue weighted by Gasteiger charge is -2.16. The number of benzene rings is 1. The van der Waals surface area contributed by atoms with E-state index in [2.05, 4.69) is 20.4 Å². The summed E-state index contributed by atoms with van der Waals surface area (Å²) in [5.41, 5.74) is 2.01. The molecule has 0 fully saturated rings. The smallest absolute Gasteiger partial charge is 0.341 e. The molecule has 0 aliphatic heterocycles. The summed E-state index contributed by atoms with van der Waals surface area (Å²) in [5, 5.41) is 8.68. The molecule has 1 aromatic carbocycles. The lowest BCUT2D eigenvalue weighted by molar-refractivity contribution is -0.139. The average molecular weight is 234 g/mol. The van der Waals surface area contributed by atoms with Crippen LogP contribution in [-0.4, -0.2) is 17.7 Å². The van der Waals surface area contributed by atoms with Crippen LogP contribution in [0.3, 0.4) is 0 Å². The molecule has 0 unspecified atom stereocenters. The van der Waals surface area contributed by atoms with Gasteiger partial charge in [0.2, 0.25) is 0 Å². The van der Waals surface area contributed by atoms with E-state index in [1.165, 1.54) is 0 Å². The van der Waals surface area contributed by atoms with Crippen molar-refractivity contribution in [2.45, 2.75) is 26.2 Å². The Labute approximate surface area is 102 Å². The van der Waals surface area contributed by atoms with Gasteiger partial charge < -0.3 is 9.84 Å². The number of hydrogen-bond acceptors (Lipinski definition) is 2. The molecule has 3 nitrogen and oxygen atoms in total. The highest BCUT2D eigenvalue weighted by Crippen LogP contribution is 2.30. The molecule has 1 rings (SSSR count). The number of rotatable bonds is 6. The second-order valence-corrected chi connectivity index (χ2v) is 4.17. The summed E-state index contributed by atoms with van der Waals surface area (Å²) in [5.74, 6) is 0.0153. The van der Waals surface area contributed by atoms with Crippen molar-refractivity contribution in [2.75, 3.05) is 6.61 Å². The molecule has 0 heterocycles. The van der Waals surface area contributed by atoms with Crippen LogP contribution >= 0.6 is 0 Å². The standard InChI is InChI=1S/C14H18O3/c1-4-6-11-7-5-8-12(10(2)3)14(11)17-9-13(15)16/h4-5,7-8,10H,1,6,9H2,2-3H3,(H,15,16). The van der Waals surface area contributed by atoms with Crippen molar-refractivity contribution < 1.29 is 14.6 Å². The molecule has 0 aliphatic rings. The molecule has 0 aromatic heterocycles. The van der Waals surface area contributed by atoms with Gasteiger partial charge in [0.15, 0.2) is 6.61 Å². The lowest BCUT2D eigenvalue weighted by Crippen LogP contribution is -2.12. The fraction of sp³-hybridized carbons (Fsp3) is 0.357. The summed E-state index contributed by atoms with van der Waals surface area (Å²) in [7, 11) is 0. The van der Waals surface area contributed by atoms with E-state index in [9.17, 15) is 4.79 Å². The second kappa shape index (κ2) is 6.09. The van der Waals surface area contributed by atoms with Crippen LogP contribution in [0.1, 0.15) is 30.9 Å². The van der Waals surface area contributed by atoms with Gasteiger partial charge in [-0.15, -0.1) is 6.58 Å². The van der Waals surface area contributed by atoms with E-state index >= 15 is 0 Å². The number of allylic oxidation sites excluding steroid dienone is 1. The van der Waals surface area contributed by atoms with Crippen LogP contribution < -0.4 is 4.74 Å². The number of carboxylic acid groups (broad SMARTS) is 1. The van der Waals surface area contributed by atoms with Crippen molar-refractivity contribution in [3.8, 4) is 5.75 Å². The first kappa shape index (κ1) is 13.3. The van der Waals surface area contributed by atoms with Gasteiger partial charge in [0.25, 0.3) is 0 Å². The minimum atomic E-state index is -0.965. The second-order valence-electron chi connectivity index (χ2n) is 4.17. The summed E-state index contributed by atoms with van der Waals surface area (Å²) in [4.78, 5) is 10.6. The first-order valence-electron chi connectivity index (χ1n) is 5.63. The third-order valence-corrected chi connectivity index (χ3v) is 2.45. The largest absolute Gasteiger partial charge is 0.481 e. The maximum Gasteiger partial charge on any atom is 0.341 e. The molecule has 0 bridgehead atoms. The average Bonchev–Trinajstić information content (AvgIpc) is 2.27. The summed E-state index contributed by atoms with van der Waals surface area (Å²) in [6.07, 6.45) is 2.46. The van der Waals surface area contributed by atoms with Gasteiger partial charge >= 0.3 is 5.97 Å². The Hall–Kier alpha value is -1.77. The molecule has 0 saturated heterocycles. The van der Waals surface area contributed by atoms with Crippen molar-refractivity contribution in [1.29, 1.82) is 0 Å². The van der Waals surface area contributed by atoms with Gasteiger partial charge in [-0.2, -0.15) is 0 Å². The van der Waals surface area contributed by atoms with Crippen LogP contribution in [-0.2, 0) is 11.2 Å². The molecule has 0 amide bonds. The molecule has 0 radical (unpaired) electrons. The molecule has 0 atom stereocenters. The van der Waals surface area contributed by atoms with Crippen molar-refractivity contribution >= 4 is 5.97 Å². The van der Waals surface area contributed by atoms with Crippen molar-refractivity contribution in [1.82, 2.24) is 0 Å². The van der Waals surface area contributed by atoms with Gasteiger partial charge in [-0.3, -0.25) is 0 Å². The van der Waals surface area contributed by atoms with E-state index in [0.29, 0.717) is 18.1 Å². The molecule has 1 N–H and O–H groups in total. The molecule has 0 aliphatic carbocycles. The fourth-order valence-corrected chi connectivity index (χ4v) is 1.69. The molecule has 3 heteroatoms. The van der Waals surface area contributed by atoms with Crippen molar-refractivity contribution in [2.24, 2.45) is 0 Å². The highest BCUT2D eigenvalue weighted by Gasteiger charge is 2.13. The fourth-order valence-electron chi connectivity index (χ4n) is 1.69. The van der Waals surface area contributed by atoms with Gasteiger partial charge in [-0.25, -0.2) is 4.79 Å². The zero-order valence-corrected chi connectivity index (χ0v) is 10.3. The molecular weight excluding hydrogens is 216 g/mol. The van der Waals surface area contributed by atoms with E-state index in [4.69, 9.17) is 9.84 Å². The van der Waals surface area contributed by atoms with Crippen LogP contribution in [0.15, 0.2) is 30.9 Å². The predicted molar refractivity (Wildman–Crippen MR) is 67.6 cm³/mol. The summed E-state index contributed by atoms with van der Waals surface area (Å²) >= 11 is 0. The predicted octanol–water partition coefficient (Wildman–Crippen LogP) is 3.00. The molecule has 92 valence electrons. The number of ether oxygens (including phenoxy) is 1. The topological polar surface area (TPSA) is 46.5 Å². The van der Waals surface area contributed by atoms with Crippen LogP contribution in [0.5, 0.6) is 5.75 Å². The maximum atomic E-state index is 10.6. The number of hydrogen-bond donors (Lipinski definition) is 1. The maximum absolute atomic E-state index is 10.6. The molecule has 0 saturated carbocycles. The SMILES string of the molecule is C=CCc1cccc(C(C)C)c1OCC(=O)O. The van der Waals surface area contributed by atoms with E-state index in [0.717, 1.165) is 11.1 Å². The minimum Gasteiger partial charge on any atom is -0.481 e. The lowest BCUT2D eigenvalue weighted by atomic mass is 9.98. The minimum absolute atomic E-state index is 0.295. The Morgan fingerprint density at radius 2 is 2.24 bits per heavy atom. The highest BCUT2D eigenvalue weighted by molar-refractivity contribution is 5.68. The Morgan fingerprint density at radius 3 is 2.76 bits per heavy atom. The Balaban J connectivity index is 3.08. The van der Waals surface area contributed by atoms with Crippen LogP contribution in [0.25, 0.3) is 0 Å². The zero-order chi connectivity index (χ0) is 12.8. The third-order valence-electron chi connectivity index (χ3n) is 2.45. The third kappa shape index (κ3) is 3.63. The van der Waals surface area contributed by atoms with E-state index in [-0.39, 0.29) is 6.61 Å². The van der Waals surface area contributed by atoms with Gasteiger partial charge in [0, 0.05) is 0 Å². The number of carboxylic acids is 1. The summed E-state index contributed by atoms with van der Waals surface area (Å²) < 4.78 is 5.40. The number of para-hydroxylation sites is 1. The molecule has 1 aromatic rings. The van der Waals surface area contributed by atoms with Gasteiger partial charge in [-0.05, 0) is 23.5 Å². The van der Waals surface area contributed by atoms with Crippen LogP contribution in [0.4, 0.5) is 0 Å². The van der Waals surface area contributed by atoms with E-state index in [1.807, 2.05) is 18.2 Å². The summed E-state index contributed by atoms with van der Waals surface area (Å²) in [6.45, 7) is 7.50. The van der Waals surface area contributed by atoms with Crippen molar-refractivity contribution in [3.05, 3.63) is 42.0 Å².